The van der Waals surface area contributed by atoms with Crippen molar-refractivity contribution in [2.75, 3.05) is 6.61 Å². The summed E-state index contributed by atoms with van der Waals surface area (Å²) in [4.78, 5) is 10.2. The average molecular weight is 208 g/mol. The van der Waals surface area contributed by atoms with Crippen LogP contribution >= 0.6 is 0 Å². The maximum atomic E-state index is 10.2. The van der Waals surface area contributed by atoms with Gasteiger partial charge in [0.05, 0.1) is 6.61 Å². The van der Waals surface area contributed by atoms with Crippen LogP contribution in [-0.2, 0) is 11.2 Å². The van der Waals surface area contributed by atoms with Crippen LogP contribution in [0, 0.1) is 20.8 Å². The van der Waals surface area contributed by atoms with Gasteiger partial charge in [0.25, 0.3) is 0 Å². The molecule has 0 unspecified atom stereocenters. The van der Waals surface area contributed by atoms with Gasteiger partial charge in [-0.2, -0.15) is 0 Å². The Kier molecular flexibility index (Phi) is 3.72. The summed E-state index contributed by atoms with van der Waals surface area (Å²) in [6, 6.07) is 4.20. The second kappa shape index (κ2) is 4.82. The predicted molar refractivity (Wildman–Crippen MR) is 58.3 cm³/mol. The average Bonchev–Trinajstić information content (AvgIpc) is 2.08. The molecule has 0 amide bonds. The molecule has 82 valence electrons. The summed E-state index contributed by atoms with van der Waals surface area (Å²) < 4.78 is 4.50. The summed E-state index contributed by atoms with van der Waals surface area (Å²) in [6.07, 6.45) is -0.568. The highest BCUT2D eigenvalue weighted by molar-refractivity contribution is 5.56. The molecule has 0 saturated heterocycles. The van der Waals surface area contributed by atoms with Crippen LogP contribution in [0.3, 0.4) is 0 Å². The van der Waals surface area contributed by atoms with E-state index < -0.39 is 6.16 Å². The molecular weight excluding hydrogens is 192 g/mol. The van der Waals surface area contributed by atoms with Crippen molar-refractivity contribution in [1.29, 1.82) is 0 Å². The second-order valence-corrected chi connectivity index (χ2v) is 3.74. The van der Waals surface area contributed by atoms with Crippen LogP contribution in [-0.4, -0.2) is 17.9 Å². The largest absolute Gasteiger partial charge is 0.505 e. The minimum atomic E-state index is -1.21. The van der Waals surface area contributed by atoms with Crippen LogP contribution in [0.15, 0.2) is 12.1 Å². The molecule has 1 N–H and O–H groups in total. The summed E-state index contributed by atoms with van der Waals surface area (Å²) >= 11 is 0. The number of rotatable bonds is 3. The fourth-order valence-electron chi connectivity index (χ4n) is 1.84. The number of benzene rings is 1. The van der Waals surface area contributed by atoms with Crippen molar-refractivity contribution in [3.63, 3.8) is 0 Å². The first-order valence-electron chi connectivity index (χ1n) is 4.93. The van der Waals surface area contributed by atoms with E-state index in [4.69, 9.17) is 5.11 Å². The number of hydrogen-bond donors (Lipinski definition) is 1. The Balaban J connectivity index is 2.72. The van der Waals surface area contributed by atoms with Crippen molar-refractivity contribution in [3.05, 3.63) is 34.4 Å². The molecule has 0 fully saturated rings. The van der Waals surface area contributed by atoms with E-state index in [0.717, 1.165) is 0 Å². The number of ether oxygens (including phenoxy) is 1. The van der Waals surface area contributed by atoms with Crippen LogP contribution in [0.1, 0.15) is 22.3 Å². The number of aryl methyl sites for hydroxylation is 3. The molecule has 1 aromatic rings. The first-order chi connectivity index (χ1) is 7.00. The van der Waals surface area contributed by atoms with Gasteiger partial charge in [-0.15, -0.1) is 0 Å². The lowest BCUT2D eigenvalue weighted by Crippen LogP contribution is -2.06. The zero-order valence-corrected chi connectivity index (χ0v) is 9.33. The number of carboxylic acid groups (broad SMARTS) is 1. The summed E-state index contributed by atoms with van der Waals surface area (Å²) in [7, 11) is 0. The topological polar surface area (TPSA) is 46.5 Å². The lowest BCUT2D eigenvalue weighted by atomic mass is 9.98. The van der Waals surface area contributed by atoms with Gasteiger partial charge >= 0.3 is 6.16 Å². The molecule has 0 bridgehead atoms. The molecule has 0 aliphatic heterocycles. The van der Waals surface area contributed by atoms with E-state index in [1.54, 1.807) is 0 Å². The minimum absolute atomic E-state index is 0.222. The van der Waals surface area contributed by atoms with E-state index >= 15 is 0 Å². The zero-order chi connectivity index (χ0) is 11.4. The molecule has 0 aliphatic carbocycles. The Hall–Kier alpha value is -1.51. The highest BCUT2D eigenvalue weighted by Crippen LogP contribution is 2.16. The molecule has 3 heteroatoms. The van der Waals surface area contributed by atoms with Crippen molar-refractivity contribution in [1.82, 2.24) is 0 Å². The molecule has 0 heterocycles. The molecule has 1 aromatic carbocycles. The molecule has 0 spiro atoms. The van der Waals surface area contributed by atoms with E-state index in [2.05, 4.69) is 23.8 Å². The highest BCUT2D eigenvalue weighted by atomic mass is 16.7. The molecule has 0 radical (unpaired) electrons. The Morgan fingerprint density at radius 2 is 1.80 bits per heavy atom. The molecule has 15 heavy (non-hydrogen) atoms. The first-order valence-corrected chi connectivity index (χ1v) is 4.93. The van der Waals surface area contributed by atoms with E-state index in [1.807, 2.05) is 13.8 Å². The van der Waals surface area contributed by atoms with E-state index in [1.165, 1.54) is 22.3 Å². The smallest absolute Gasteiger partial charge is 0.450 e. The third kappa shape index (κ3) is 3.27. The normalized spacial score (nSPS) is 10.1. The Bertz CT molecular complexity index is 346. The van der Waals surface area contributed by atoms with Gasteiger partial charge in [0.2, 0.25) is 0 Å². The molecule has 0 aliphatic rings. The van der Waals surface area contributed by atoms with Gasteiger partial charge in [0.1, 0.15) is 0 Å². The zero-order valence-electron chi connectivity index (χ0n) is 9.33. The highest BCUT2D eigenvalue weighted by Gasteiger charge is 2.05. The fourth-order valence-corrected chi connectivity index (χ4v) is 1.84. The van der Waals surface area contributed by atoms with Crippen molar-refractivity contribution >= 4 is 6.16 Å². The van der Waals surface area contributed by atoms with Crippen molar-refractivity contribution in [3.8, 4) is 0 Å². The van der Waals surface area contributed by atoms with E-state index in [0.29, 0.717) is 6.42 Å². The van der Waals surface area contributed by atoms with Gasteiger partial charge in [-0.05, 0) is 37.5 Å². The van der Waals surface area contributed by atoms with Gasteiger partial charge in [-0.3, -0.25) is 0 Å². The molecule has 0 saturated carbocycles. The third-order valence-corrected chi connectivity index (χ3v) is 2.42. The van der Waals surface area contributed by atoms with Gasteiger partial charge < -0.3 is 9.84 Å². The maximum Gasteiger partial charge on any atom is 0.505 e. The number of hydrogen-bond acceptors (Lipinski definition) is 2. The van der Waals surface area contributed by atoms with E-state index in [9.17, 15) is 4.79 Å². The molecular formula is C12H16O3. The van der Waals surface area contributed by atoms with Gasteiger partial charge in [0.15, 0.2) is 0 Å². The SMILES string of the molecule is Cc1cc(C)c(CCOC(=O)O)c(C)c1. The Morgan fingerprint density at radius 1 is 1.27 bits per heavy atom. The molecule has 0 atom stereocenters. The van der Waals surface area contributed by atoms with Crippen molar-refractivity contribution < 1.29 is 14.6 Å². The Labute approximate surface area is 89.7 Å². The van der Waals surface area contributed by atoms with Gasteiger partial charge in [-0.25, -0.2) is 4.79 Å². The Morgan fingerprint density at radius 3 is 2.27 bits per heavy atom. The molecule has 0 aromatic heterocycles. The summed E-state index contributed by atoms with van der Waals surface area (Å²) in [5.74, 6) is 0. The van der Waals surface area contributed by atoms with Crippen molar-refractivity contribution in [2.45, 2.75) is 27.2 Å². The summed E-state index contributed by atoms with van der Waals surface area (Å²) in [5, 5.41) is 8.35. The monoisotopic (exact) mass is 208 g/mol. The molecule has 3 nitrogen and oxygen atoms in total. The fraction of sp³-hybridized carbons (Fsp3) is 0.417. The predicted octanol–water partition coefficient (Wildman–Crippen LogP) is 2.85. The van der Waals surface area contributed by atoms with Gasteiger partial charge in [0, 0.05) is 6.42 Å². The minimum Gasteiger partial charge on any atom is -0.450 e. The first kappa shape index (κ1) is 11.6. The lowest BCUT2D eigenvalue weighted by molar-refractivity contribution is 0.0926. The quantitative estimate of drug-likeness (QED) is 0.777. The summed E-state index contributed by atoms with van der Waals surface area (Å²) in [6.45, 7) is 6.35. The van der Waals surface area contributed by atoms with Gasteiger partial charge in [-0.1, -0.05) is 17.7 Å². The van der Waals surface area contributed by atoms with Crippen LogP contribution in [0.5, 0.6) is 0 Å². The van der Waals surface area contributed by atoms with E-state index in [-0.39, 0.29) is 6.61 Å². The third-order valence-electron chi connectivity index (χ3n) is 2.42. The molecule has 1 rings (SSSR count). The maximum absolute atomic E-state index is 10.2. The van der Waals surface area contributed by atoms with Crippen LogP contribution in [0.4, 0.5) is 4.79 Å². The standard InChI is InChI=1S/C12H16O3/c1-8-6-9(2)11(10(3)7-8)4-5-15-12(13)14/h6-7H,4-5H2,1-3H3,(H,13,14). The number of carbonyl (C=O) groups is 1. The van der Waals surface area contributed by atoms with Crippen LogP contribution in [0.2, 0.25) is 0 Å². The van der Waals surface area contributed by atoms with Crippen LogP contribution in [0.25, 0.3) is 0 Å². The summed E-state index contributed by atoms with van der Waals surface area (Å²) in [5.41, 5.74) is 4.80. The second-order valence-electron chi connectivity index (χ2n) is 3.74. The van der Waals surface area contributed by atoms with Crippen molar-refractivity contribution in [2.24, 2.45) is 0 Å². The lowest BCUT2D eigenvalue weighted by Gasteiger charge is -2.10. The van der Waals surface area contributed by atoms with Crippen LogP contribution < -0.4 is 0 Å².